The van der Waals surface area contributed by atoms with Crippen molar-refractivity contribution in [2.75, 3.05) is 11.9 Å². The zero-order valence-corrected chi connectivity index (χ0v) is 10.7. The van der Waals surface area contributed by atoms with Crippen molar-refractivity contribution in [2.45, 2.75) is 24.7 Å². The summed E-state index contributed by atoms with van der Waals surface area (Å²) in [4.78, 5) is 0. The van der Waals surface area contributed by atoms with E-state index in [2.05, 4.69) is 36.5 Å². The number of anilines is 1. The maximum Gasteiger partial charge on any atom is 0.0379 e. The predicted octanol–water partition coefficient (Wildman–Crippen LogP) is 3.87. The molecule has 1 N–H and O–H groups in total. The molecular weight excluding hydrogens is 218 g/mol. The zero-order valence-electron chi connectivity index (χ0n) is 10.7. The standard InChI is InChI=1S/C17H19N/c1-4-9-17(10-5-2)11-12-18-16-8-7-14(6-3)13-15(16)17/h3-5,7-8,13,18H,1-2,9-12H2. The number of allylic oxidation sites excluding steroid dienone is 2. The summed E-state index contributed by atoms with van der Waals surface area (Å²) in [7, 11) is 0. The van der Waals surface area contributed by atoms with E-state index in [0.717, 1.165) is 31.4 Å². The van der Waals surface area contributed by atoms with E-state index in [1.165, 1.54) is 11.3 Å². The molecule has 0 saturated heterocycles. The van der Waals surface area contributed by atoms with Crippen molar-refractivity contribution in [1.82, 2.24) is 0 Å². The maximum absolute atomic E-state index is 5.51. The summed E-state index contributed by atoms with van der Waals surface area (Å²) < 4.78 is 0. The van der Waals surface area contributed by atoms with Gasteiger partial charge in [-0.2, -0.15) is 0 Å². The van der Waals surface area contributed by atoms with Crippen LogP contribution in [0.25, 0.3) is 0 Å². The van der Waals surface area contributed by atoms with Crippen LogP contribution in [0.1, 0.15) is 30.4 Å². The number of nitrogens with one attached hydrogen (secondary N) is 1. The number of rotatable bonds is 4. The van der Waals surface area contributed by atoms with Gasteiger partial charge in [-0.1, -0.05) is 18.1 Å². The molecule has 2 rings (SSSR count). The number of hydrogen-bond donors (Lipinski definition) is 1. The van der Waals surface area contributed by atoms with E-state index < -0.39 is 0 Å². The van der Waals surface area contributed by atoms with Crippen molar-refractivity contribution >= 4 is 5.69 Å². The van der Waals surface area contributed by atoms with E-state index in [0.29, 0.717) is 0 Å². The Labute approximate surface area is 110 Å². The van der Waals surface area contributed by atoms with Crippen LogP contribution in [0.5, 0.6) is 0 Å². The molecule has 0 saturated carbocycles. The lowest BCUT2D eigenvalue weighted by molar-refractivity contribution is 0.403. The molecule has 0 unspecified atom stereocenters. The highest BCUT2D eigenvalue weighted by Gasteiger charge is 2.34. The van der Waals surface area contributed by atoms with E-state index in [1.54, 1.807) is 0 Å². The molecule has 0 amide bonds. The molecule has 0 spiro atoms. The number of hydrogen-bond acceptors (Lipinski definition) is 1. The number of benzene rings is 1. The molecule has 0 aliphatic carbocycles. The summed E-state index contributed by atoms with van der Waals surface area (Å²) in [6, 6.07) is 6.21. The highest BCUT2D eigenvalue weighted by molar-refractivity contribution is 5.60. The van der Waals surface area contributed by atoms with Gasteiger partial charge in [-0.15, -0.1) is 19.6 Å². The van der Waals surface area contributed by atoms with E-state index in [9.17, 15) is 0 Å². The van der Waals surface area contributed by atoms with Gasteiger partial charge in [0.25, 0.3) is 0 Å². The van der Waals surface area contributed by atoms with Crippen molar-refractivity contribution in [3.8, 4) is 12.3 Å². The molecule has 0 atom stereocenters. The highest BCUT2D eigenvalue weighted by Crippen LogP contribution is 2.43. The smallest absolute Gasteiger partial charge is 0.0379 e. The van der Waals surface area contributed by atoms with Gasteiger partial charge in [0.2, 0.25) is 0 Å². The van der Waals surface area contributed by atoms with Crippen LogP contribution in [0, 0.1) is 12.3 Å². The topological polar surface area (TPSA) is 12.0 Å². The molecule has 0 bridgehead atoms. The van der Waals surface area contributed by atoms with Gasteiger partial charge in [0.15, 0.2) is 0 Å². The first kappa shape index (κ1) is 12.5. The third-order valence-electron chi connectivity index (χ3n) is 3.75. The maximum atomic E-state index is 5.51. The Balaban J connectivity index is 2.55. The van der Waals surface area contributed by atoms with Crippen LogP contribution in [0.2, 0.25) is 0 Å². The second-order valence-electron chi connectivity index (χ2n) is 4.85. The predicted molar refractivity (Wildman–Crippen MR) is 78.8 cm³/mol. The summed E-state index contributed by atoms with van der Waals surface area (Å²) in [5.74, 6) is 2.72. The lowest BCUT2D eigenvalue weighted by Gasteiger charge is -2.38. The Kier molecular flexibility index (Phi) is 3.58. The Morgan fingerprint density at radius 3 is 2.67 bits per heavy atom. The Morgan fingerprint density at radius 2 is 2.06 bits per heavy atom. The first-order chi connectivity index (χ1) is 8.75. The fraction of sp³-hybridized carbons (Fsp3) is 0.294. The van der Waals surface area contributed by atoms with Crippen LogP contribution >= 0.6 is 0 Å². The fourth-order valence-corrected chi connectivity index (χ4v) is 2.86. The van der Waals surface area contributed by atoms with Gasteiger partial charge in [0.05, 0.1) is 0 Å². The van der Waals surface area contributed by atoms with Crippen molar-refractivity contribution in [3.05, 3.63) is 54.6 Å². The summed E-state index contributed by atoms with van der Waals surface area (Å²) in [6.45, 7) is 8.80. The minimum absolute atomic E-state index is 0.108. The molecule has 1 heterocycles. The molecular formula is C17H19N. The Morgan fingerprint density at radius 1 is 1.33 bits per heavy atom. The minimum Gasteiger partial charge on any atom is -0.385 e. The Hall–Kier alpha value is -1.94. The first-order valence-corrected chi connectivity index (χ1v) is 6.32. The van der Waals surface area contributed by atoms with E-state index in [4.69, 9.17) is 6.42 Å². The van der Waals surface area contributed by atoms with Gasteiger partial charge in [-0.25, -0.2) is 0 Å². The van der Waals surface area contributed by atoms with Gasteiger partial charge in [-0.05, 0) is 43.0 Å². The molecule has 0 radical (unpaired) electrons. The van der Waals surface area contributed by atoms with E-state index in [-0.39, 0.29) is 5.41 Å². The average Bonchev–Trinajstić information content (AvgIpc) is 2.39. The van der Waals surface area contributed by atoms with E-state index in [1.807, 2.05) is 18.2 Å². The highest BCUT2D eigenvalue weighted by atomic mass is 14.9. The van der Waals surface area contributed by atoms with Crippen molar-refractivity contribution < 1.29 is 0 Å². The molecule has 0 fully saturated rings. The van der Waals surface area contributed by atoms with Crippen LogP contribution in [0.3, 0.4) is 0 Å². The summed E-state index contributed by atoms with van der Waals surface area (Å²) >= 11 is 0. The van der Waals surface area contributed by atoms with Gasteiger partial charge >= 0.3 is 0 Å². The van der Waals surface area contributed by atoms with Crippen LogP contribution in [-0.4, -0.2) is 6.54 Å². The summed E-state index contributed by atoms with van der Waals surface area (Å²) in [5.41, 5.74) is 3.56. The summed E-state index contributed by atoms with van der Waals surface area (Å²) in [6.07, 6.45) is 12.5. The molecule has 0 aromatic heterocycles. The molecule has 1 aromatic carbocycles. The molecule has 18 heavy (non-hydrogen) atoms. The van der Waals surface area contributed by atoms with Gasteiger partial charge < -0.3 is 5.32 Å². The third kappa shape index (κ3) is 2.07. The minimum atomic E-state index is 0.108. The largest absolute Gasteiger partial charge is 0.385 e. The van der Waals surface area contributed by atoms with E-state index >= 15 is 0 Å². The van der Waals surface area contributed by atoms with Crippen molar-refractivity contribution in [1.29, 1.82) is 0 Å². The van der Waals surface area contributed by atoms with Gasteiger partial charge in [-0.3, -0.25) is 0 Å². The number of terminal acetylenes is 1. The monoisotopic (exact) mass is 237 g/mol. The van der Waals surface area contributed by atoms with Crippen molar-refractivity contribution in [2.24, 2.45) is 0 Å². The van der Waals surface area contributed by atoms with Crippen molar-refractivity contribution in [3.63, 3.8) is 0 Å². The second kappa shape index (κ2) is 5.14. The Bertz CT molecular complexity index is 495. The molecule has 1 aliphatic rings. The first-order valence-electron chi connectivity index (χ1n) is 6.32. The average molecular weight is 237 g/mol. The van der Waals surface area contributed by atoms with Crippen LogP contribution in [-0.2, 0) is 5.41 Å². The van der Waals surface area contributed by atoms with Crippen LogP contribution in [0.4, 0.5) is 5.69 Å². The van der Waals surface area contributed by atoms with Crippen LogP contribution in [0.15, 0.2) is 43.5 Å². The zero-order chi connectivity index (χ0) is 13.0. The molecule has 1 heteroatoms. The molecule has 1 aliphatic heterocycles. The number of fused-ring (bicyclic) bond motifs is 1. The molecule has 1 nitrogen and oxygen atoms in total. The molecule has 92 valence electrons. The second-order valence-corrected chi connectivity index (χ2v) is 4.85. The summed E-state index contributed by atoms with van der Waals surface area (Å²) in [5, 5.41) is 3.45. The van der Waals surface area contributed by atoms with Crippen LogP contribution < -0.4 is 5.32 Å². The molecule has 1 aromatic rings. The lowest BCUT2D eigenvalue weighted by atomic mass is 9.70. The quantitative estimate of drug-likeness (QED) is 0.619. The van der Waals surface area contributed by atoms with Gasteiger partial charge in [0.1, 0.15) is 0 Å². The third-order valence-corrected chi connectivity index (χ3v) is 3.75. The normalized spacial score (nSPS) is 15.9. The fourth-order valence-electron chi connectivity index (χ4n) is 2.86. The SMILES string of the molecule is C#Cc1ccc2c(c1)C(CC=C)(CC=C)CCN2. The van der Waals surface area contributed by atoms with Gasteiger partial charge in [0, 0.05) is 23.2 Å². The lowest BCUT2D eigenvalue weighted by Crippen LogP contribution is -2.33.